The molecule has 1 atom stereocenters. The smallest absolute Gasteiger partial charge is 0.140 e. The van der Waals surface area contributed by atoms with E-state index in [0.29, 0.717) is 5.56 Å². The molecule has 0 saturated carbocycles. The average Bonchev–Trinajstić information content (AvgIpc) is 2.19. The number of benzene rings is 1. The molecule has 3 nitrogen and oxygen atoms in total. The van der Waals surface area contributed by atoms with Crippen molar-refractivity contribution in [3.8, 4) is 12.1 Å². The fourth-order valence-corrected chi connectivity index (χ4v) is 1.08. The molecule has 78 valence electrons. The van der Waals surface area contributed by atoms with E-state index in [-0.39, 0.29) is 24.4 Å². The first-order valence-corrected chi connectivity index (χ1v) is 4.01. The molecule has 1 aromatic rings. The summed E-state index contributed by atoms with van der Waals surface area (Å²) in [5, 5.41) is 17.0. The van der Waals surface area contributed by atoms with Crippen LogP contribution in [0.15, 0.2) is 18.2 Å². The Morgan fingerprint density at radius 3 is 2.60 bits per heavy atom. The fraction of sp³-hybridized carbons (Fsp3) is 0.200. The summed E-state index contributed by atoms with van der Waals surface area (Å²) in [6.07, 6.45) is 0.149. The molecular weight excluding hydrogens is 217 g/mol. The molecule has 0 heterocycles. The van der Waals surface area contributed by atoms with E-state index in [0.717, 1.165) is 0 Å². The summed E-state index contributed by atoms with van der Waals surface area (Å²) in [7, 11) is 0. The first kappa shape index (κ1) is 13.4. The maximum Gasteiger partial charge on any atom is 0.140 e. The first-order valence-electron chi connectivity index (χ1n) is 4.01. The molecule has 0 aromatic heterocycles. The molecule has 0 saturated heterocycles. The Kier molecular flexibility index (Phi) is 5.33. The monoisotopic (exact) mass is 225 g/mol. The third-order valence-electron chi connectivity index (χ3n) is 1.85. The summed E-state index contributed by atoms with van der Waals surface area (Å²) in [4.78, 5) is 0. The maximum atomic E-state index is 12.9. The molecule has 0 bridgehead atoms. The molecule has 0 spiro atoms. The predicted octanol–water partition coefficient (Wildman–Crippen LogP) is 2.03. The topological polar surface area (TPSA) is 73.6 Å². The summed E-state index contributed by atoms with van der Waals surface area (Å²) in [5.41, 5.74) is 6.18. The molecule has 15 heavy (non-hydrogen) atoms. The Morgan fingerprint density at radius 1 is 1.40 bits per heavy atom. The van der Waals surface area contributed by atoms with Crippen LogP contribution in [0.2, 0.25) is 0 Å². The molecule has 0 radical (unpaired) electrons. The molecule has 0 aliphatic heterocycles. The Hall–Kier alpha value is -1.62. The Bertz CT molecular complexity index is 420. The van der Waals surface area contributed by atoms with Crippen LogP contribution in [0, 0.1) is 28.5 Å². The largest absolute Gasteiger partial charge is 0.323 e. The molecule has 0 aliphatic rings. The summed E-state index contributed by atoms with van der Waals surface area (Å²) in [6, 6.07) is 7.21. The van der Waals surface area contributed by atoms with Crippen LogP contribution >= 0.6 is 12.4 Å². The van der Waals surface area contributed by atoms with Crippen LogP contribution in [-0.4, -0.2) is 0 Å². The quantitative estimate of drug-likeness (QED) is 0.837. The molecule has 2 N–H and O–H groups in total. The van der Waals surface area contributed by atoms with Crippen molar-refractivity contribution in [2.75, 3.05) is 0 Å². The van der Waals surface area contributed by atoms with Gasteiger partial charge < -0.3 is 5.73 Å². The second kappa shape index (κ2) is 5.98. The second-order valence-corrected chi connectivity index (χ2v) is 2.82. The van der Waals surface area contributed by atoms with Crippen LogP contribution in [0.4, 0.5) is 4.39 Å². The van der Waals surface area contributed by atoms with Crippen LogP contribution in [0.25, 0.3) is 0 Å². The van der Waals surface area contributed by atoms with E-state index in [9.17, 15) is 4.39 Å². The van der Waals surface area contributed by atoms with Gasteiger partial charge in [-0.25, -0.2) is 4.39 Å². The zero-order valence-corrected chi connectivity index (χ0v) is 8.59. The number of halogens is 2. The van der Waals surface area contributed by atoms with Crippen molar-refractivity contribution in [1.29, 1.82) is 10.5 Å². The molecule has 0 fully saturated rings. The van der Waals surface area contributed by atoms with E-state index in [2.05, 4.69) is 0 Å². The Balaban J connectivity index is 0.00000196. The van der Waals surface area contributed by atoms with Gasteiger partial charge in [0.1, 0.15) is 11.9 Å². The van der Waals surface area contributed by atoms with E-state index < -0.39 is 11.9 Å². The van der Waals surface area contributed by atoms with Crippen molar-refractivity contribution in [3.05, 3.63) is 35.1 Å². The minimum absolute atomic E-state index is 0. The van der Waals surface area contributed by atoms with Crippen LogP contribution in [0.5, 0.6) is 0 Å². The normalized spacial score (nSPS) is 10.7. The number of hydrogen-bond donors (Lipinski definition) is 1. The standard InChI is InChI=1S/C10H8FN3.ClH/c11-9-2-1-7(5-8(9)6-13)10(14)3-4-12;/h1-2,5,10H,3,14H2;1H/t10-;/m0./s1. The van der Waals surface area contributed by atoms with Crippen molar-refractivity contribution < 1.29 is 4.39 Å². The van der Waals surface area contributed by atoms with Gasteiger partial charge in [-0.3, -0.25) is 0 Å². The van der Waals surface area contributed by atoms with Gasteiger partial charge in [-0.05, 0) is 17.7 Å². The van der Waals surface area contributed by atoms with Gasteiger partial charge in [-0.2, -0.15) is 10.5 Å². The molecule has 0 aliphatic carbocycles. The van der Waals surface area contributed by atoms with Crippen LogP contribution in [0.3, 0.4) is 0 Å². The molecule has 0 unspecified atom stereocenters. The van der Waals surface area contributed by atoms with Crippen molar-refractivity contribution in [3.63, 3.8) is 0 Å². The fourth-order valence-electron chi connectivity index (χ4n) is 1.08. The van der Waals surface area contributed by atoms with Gasteiger partial charge in [0.05, 0.1) is 18.1 Å². The van der Waals surface area contributed by atoms with Gasteiger partial charge in [-0.1, -0.05) is 6.07 Å². The summed E-state index contributed by atoms with van der Waals surface area (Å²) < 4.78 is 12.9. The number of rotatable bonds is 2. The van der Waals surface area contributed by atoms with Gasteiger partial charge in [0.15, 0.2) is 0 Å². The number of nitrogens with two attached hydrogens (primary N) is 1. The van der Waals surface area contributed by atoms with Crippen LogP contribution in [-0.2, 0) is 0 Å². The predicted molar refractivity (Wildman–Crippen MR) is 55.5 cm³/mol. The number of hydrogen-bond acceptors (Lipinski definition) is 3. The Labute approximate surface area is 93.3 Å². The van der Waals surface area contributed by atoms with Crippen LogP contribution in [0.1, 0.15) is 23.6 Å². The zero-order valence-electron chi connectivity index (χ0n) is 7.77. The van der Waals surface area contributed by atoms with Gasteiger partial charge in [0.2, 0.25) is 0 Å². The van der Waals surface area contributed by atoms with E-state index in [4.69, 9.17) is 16.3 Å². The van der Waals surface area contributed by atoms with Crippen molar-refractivity contribution in [1.82, 2.24) is 0 Å². The maximum absolute atomic E-state index is 12.9. The summed E-state index contributed by atoms with van der Waals surface area (Å²) in [6.45, 7) is 0. The van der Waals surface area contributed by atoms with Crippen molar-refractivity contribution in [2.45, 2.75) is 12.5 Å². The third kappa shape index (κ3) is 3.21. The highest BCUT2D eigenvalue weighted by Gasteiger charge is 2.08. The molecule has 1 aromatic carbocycles. The third-order valence-corrected chi connectivity index (χ3v) is 1.85. The van der Waals surface area contributed by atoms with Gasteiger partial charge in [0.25, 0.3) is 0 Å². The van der Waals surface area contributed by atoms with Crippen molar-refractivity contribution in [2.24, 2.45) is 5.73 Å². The van der Waals surface area contributed by atoms with Gasteiger partial charge >= 0.3 is 0 Å². The first-order chi connectivity index (χ1) is 6.69. The van der Waals surface area contributed by atoms with Gasteiger partial charge in [-0.15, -0.1) is 12.4 Å². The average molecular weight is 226 g/mol. The summed E-state index contributed by atoms with van der Waals surface area (Å²) >= 11 is 0. The van der Waals surface area contributed by atoms with Crippen molar-refractivity contribution >= 4 is 12.4 Å². The minimum atomic E-state index is -0.569. The SMILES string of the molecule is Cl.N#CC[C@H](N)c1ccc(F)c(C#N)c1. The summed E-state index contributed by atoms with van der Waals surface area (Å²) in [5.74, 6) is -0.569. The van der Waals surface area contributed by atoms with E-state index in [1.54, 1.807) is 6.07 Å². The van der Waals surface area contributed by atoms with E-state index >= 15 is 0 Å². The lowest BCUT2D eigenvalue weighted by molar-refractivity contribution is 0.621. The lowest BCUT2D eigenvalue weighted by atomic mass is 10.0. The Morgan fingerprint density at radius 2 is 2.07 bits per heavy atom. The number of nitriles is 2. The molecule has 0 amide bonds. The van der Waals surface area contributed by atoms with E-state index in [1.165, 1.54) is 18.2 Å². The number of nitrogens with zero attached hydrogens (tertiary/aromatic N) is 2. The zero-order chi connectivity index (χ0) is 10.6. The highest BCUT2D eigenvalue weighted by molar-refractivity contribution is 5.85. The van der Waals surface area contributed by atoms with Crippen LogP contribution < -0.4 is 5.73 Å². The lowest BCUT2D eigenvalue weighted by Crippen LogP contribution is -2.09. The minimum Gasteiger partial charge on any atom is -0.323 e. The highest BCUT2D eigenvalue weighted by Crippen LogP contribution is 2.16. The molecule has 1 rings (SSSR count). The van der Waals surface area contributed by atoms with E-state index in [1.807, 2.05) is 6.07 Å². The lowest BCUT2D eigenvalue weighted by Gasteiger charge is -2.07. The molecule has 5 heteroatoms. The molecular formula is C10H9ClFN3. The van der Waals surface area contributed by atoms with Gasteiger partial charge in [0, 0.05) is 6.04 Å². The second-order valence-electron chi connectivity index (χ2n) is 2.82. The highest BCUT2D eigenvalue weighted by atomic mass is 35.5.